The van der Waals surface area contributed by atoms with Gasteiger partial charge in [-0.05, 0) is 38.7 Å². The second-order valence-electron chi connectivity index (χ2n) is 5.13. The monoisotopic (exact) mass is 286 g/mol. The van der Waals surface area contributed by atoms with Crippen LogP contribution in [0.15, 0.2) is 36.7 Å². The molecule has 1 aromatic heterocycles. The second kappa shape index (κ2) is 7.04. The quantitative estimate of drug-likeness (QED) is 0.884. The number of nitrogens with one attached hydrogen (secondary N) is 1. The van der Waals surface area contributed by atoms with Crippen LogP contribution >= 0.6 is 0 Å². The van der Waals surface area contributed by atoms with Crippen LogP contribution in [0.5, 0.6) is 5.75 Å². The first kappa shape index (κ1) is 15.3. The Bertz CT molecular complexity index is 586. The van der Waals surface area contributed by atoms with E-state index in [1.807, 2.05) is 19.1 Å². The summed E-state index contributed by atoms with van der Waals surface area (Å²) in [5, 5.41) is 3.37. The zero-order valence-corrected chi connectivity index (χ0v) is 13.0. The van der Waals surface area contributed by atoms with Gasteiger partial charge in [-0.15, -0.1) is 0 Å². The average Bonchev–Trinajstić information content (AvgIpc) is 2.49. The van der Waals surface area contributed by atoms with Gasteiger partial charge in [-0.2, -0.15) is 0 Å². The molecule has 0 spiro atoms. The molecule has 0 aliphatic carbocycles. The minimum Gasteiger partial charge on any atom is -0.497 e. The van der Waals surface area contributed by atoms with E-state index in [1.54, 1.807) is 19.5 Å². The largest absolute Gasteiger partial charge is 0.497 e. The highest BCUT2D eigenvalue weighted by atomic mass is 16.5. The lowest BCUT2D eigenvalue weighted by molar-refractivity contribution is 0.310. The van der Waals surface area contributed by atoms with Crippen LogP contribution in [0.3, 0.4) is 0 Å². The molecule has 0 aliphatic rings. The van der Waals surface area contributed by atoms with Gasteiger partial charge in [-0.3, -0.25) is 4.98 Å². The molecule has 0 saturated heterocycles. The van der Waals surface area contributed by atoms with Gasteiger partial charge in [0.2, 0.25) is 0 Å². The molecule has 0 amide bonds. The van der Waals surface area contributed by atoms with E-state index in [0.29, 0.717) is 0 Å². The third kappa shape index (κ3) is 3.92. The van der Waals surface area contributed by atoms with Crippen molar-refractivity contribution in [3.63, 3.8) is 0 Å². The third-order valence-corrected chi connectivity index (χ3v) is 3.45. The number of ether oxygens (including phenoxy) is 1. The van der Waals surface area contributed by atoms with Gasteiger partial charge >= 0.3 is 0 Å². The zero-order valence-electron chi connectivity index (χ0n) is 13.0. The van der Waals surface area contributed by atoms with Crippen molar-refractivity contribution in [2.45, 2.75) is 13.0 Å². The Morgan fingerprint density at radius 2 is 2.00 bits per heavy atom. The molecule has 1 heterocycles. The lowest BCUT2D eigenvalue weighted by Gasteiger charge is -2.25. The maximum absolute atomic E-state index is 5.31. The fourth-order valence-corrected chi connectivity index (χ4v) is 2.22. The number of anilines is 1. The molecule has 5 nitrogen and oxygen atoms in total. The summed E-state index contributed by atoms with van der Waals surface area (Å²) in [5.41, 5.74) is 2.11. The van der Waals surface area contributed by atoms with E-state index in [1.165, 1.54) is 5.56 Å². The Labute approximate surface area is 126 Å². The second-order valence-corrected chi connectivity index (χ2v) is 5.13. The highest BCUT2D eigenvalue weighted by molar-refractivity contribution is 5.39. The Balaban J connectivity index is 2.14. The number of likely N-dealkylation sites (N-methyl/N-ethyl adjacent to an activating group) is 1. The maximum Gasteiger partial charge on any atom is 0.147 e. The van der Waals surface area contributed by atoms with Crippen LogP contribution in [0.1, 0.15) is 17.3 Å². The van der Waals surface area contributed by atoms with E-state index >= 15 is 0 Å². The number of hydrogen-bond acceptors (Lipinski definition) is 5. The summed E-state index contributed by atoms with van der Waals surface area (Å²) in [6.45, 7) is 2.70. The topological polar surface area (TPSA) is 50.3 Å². The van der Waals surface area contributed by atoms with E-state index in [9.17, 15) is 0 Å². The summed E-state index contributed by atoms with van der Waals surface area (Å²) in [4.78, 5) is 10.7. The number of rotatable bonds is 6. The van der Waals surface area contributed by atoms with Crippen LogP contribution in [-0.4, -0.2) is 42.6 Å². The van der Waals surface area contributed by atoms with Crippen LogP contribution < -0.4 is 10.1 Å². The molecule has 2 rings (SSSR count). The Hall–Kier alpha value is -2.14. The van der Waals surface area contributed by atoms with Gasteiger partial charge in [0, 0.05) is 18.9 Å². The highest BCUT2D eigenvalue weighted by Gasteiger charge is 2.15. The van der Waals surface area contributed by atoms with Gasteiger partial charge in [0.25, 0.3) is 0 Å². The summed E-state index contributed by atoms with van der Waals surface area (Å²) in [6, 6.07) is 8.37. The fraction of sp³-hybridized carbons (Fsp3) is 0.375. The summed E-state index contributed by atoms with van der Waals surface area (Å²) < 4.78 is 5.31. The van der Waals surface area contributed by atoms with E-state index in [2.05, 4.69) is 46.4 Å². The summed E-state index contributed by atoms with van der Waals surface area (Å²) in [7, 11) is 5.82. The molecule has 0 aliphatic heterocycles. The highest BCUT2D eigenvalue weighted by Crippen LogP contribution is 2.23. The van der Waals surface area contributed by atoms with Crippen LogP contribution in [-0.2, 0) is 0 Å². The van der Waals surface area contributed by atoms with Crippen molar-refractivity contribution in [2.24, 2.45) is 0 Å². The van der Waals surface area contributed by atoms with Crippen molar-refractivity contribution in [1.29, 1.82) is 0 Å². The summed E-state index contributed by atoms with van der Waals surface area (Å²) >= 11 is 0. The Kier molecular flexibility index (Phi) is 5.11. The zero-order chi connectivity index (χ0) is 15.2. The normalized spacial score (nSPS) is 12.2. The van der Waals surface area contributed by atoms with Crippen LogP contribution in [0.25, 0.3) is 0 Å². The van der Waals surface area contributed by atoms with Gasteiger partial charge in [0.15, 0.2) is 0 Å². The number of nitrogens with zero attached hydrogens (tertiary/aromatic N) is 3. The van der Waals surface area contributed by atoms with E-state index in [-0.39, 0.29) is 6.04 Å². The standard InChI is InChI=1S/C16H22N4O/c1-12-16(18-9-8-17-12)19-11-15(20(2)3)13-6-5-7-14(10-13)21-4/h5-10,15H,11H2,1-4H3,(H,18,19). The fourth-order valence-electron chi connectivity index (χ4n) is 2.22. The van der Waals surface area contributed by atoms with Gasteiger partial charge in [0.05, 0.1) is 18.8 Å². The summed E-state index contributed by atoms with van der Waals surface area (Å²) in [6.07, 6.45) is 3.40. The molecular weight excluding hydrogens is 264 g/mol. The molecule has 1 unspecified atom stereocenters. The molecule has 21 heavy (non-hydrogen) atoms. The molecule has 0 radical (unpaired) electrons. The lowest BCUT2D eigenvalue weighted by atomic mass is 10.1. The first-order valence-electron chi connectivity index (χ1n) is 6.93. The molecule has 0 saturated carbocycles. The van der Waals surface area contributed by atoms with Crippen molar-refractivity contribution < 1.29 is 4.74 Å². The predicted octanol–water partition coefficient (Wildman–Crippen LogP) is 2.51. The molecule has 1 atom stereocenters. The molecule has 112 valence electrons. The minimum absolute atomic E-state index is 0.224. The van der Waals surface area contributed by atoms with Crippen LogP contribution in [0.4, 0.5) is 5.82 Å². The van der Waals surface area contributed by atoms with Crippen molar-refractivity contribution in [1.82, 2.24) is 14.9 Å². The smallest absolute Gasteiger partial charge is 0.147 e. The van der Waals surface area contributed by atoms with Gasteiger partial charge in [-0.25, -0.2) is 4.98 Å². The predicted molar refractivity (Wildman–Crippen MR) is 84.7 cm³/mol. The Morgan fingerprint density at radius 3 is 2.67 bits per heavy atom. The first-order chi connectivity index (χ1) is 10.1. The molecule has 1 N–H and O–H groups in total. The van der Waals surface area contributed by atoms with Crippen molar-refractivity contribution in [3.05, 3.63) is 47.9 Å². The number of benzene rings is 1. The van der Waals surface area contributed by atoms with Gasteiger partial charge in [0.1, 0.15) is 11.6 Å². The minimum atomic E-state index is 0.224. The summed E-state index contributed by atoms with van der Waals surface area (Å²) in [5.74, 6) is 1.70. The Morgan fingerprint density at radius 1 is 1.24 bits per heavy atom. The van der Waals surface area contributed by atoms with Crippen LogP contribution in [0, 0.1) is 6.92 Å². The van der Waals surface area contributed by atoms with Crippen molar-refractivity contribution in [3.8, 4) is 5.75 Å². The number of hydrogen-bond donors (Lipinski definition) is 1. The maximum atomic E-state index is 5.31. The van der Waals surface area contributed by atoms with E-state index in [4.69, 9.17) is 4.74 Å². The van der Waals surface area contributed by atoms with E-state index < -0.39 is 0 Å². The number of methoxy groups -OCH3 is 1. The van der Waals surface area contributed by atoms with Gasteiger partial charge in [-0.1, -0.05) is 12.1 Å². The van der Waals surface area contributed by atoms with Gasteiger partial charge < -0.3 is 15.0 Å². The van der Waals surface area contributed by atoms with E-state index in [0.717, 1.165) is 23.8 Å². The van der Waals surface area contributed by atoms with Crippen LogP contribution in [0.2, 0.25) is 0 Å². The van der Waals surface area contributed by atoms with Crippen molar-refractivity contribution in [2.75, 3.05) is 33.1 Å². The molecular formula is C16H22N4O. The molecule has 0 fully saturated rings. The number of aryl methyl sites for hydroxylation is 1. The third-order valence-electron chi connectivity index (χ3n) is 3.45. The first-order valence-corrected chi connectivity index (χ1v) is 6.93. The number of aromatic nitrogens is 2. The molecule has 1 aromatic carbocycles. The van der Waals surface area contributed by atoms with Crippen molar-refractivity contribution >= 4 is 5.82 Å². The SMILES string of the molecule is COc1cccc(C(CNc2nccnc2C)N(C)C)c1. The molecule has 0 bridgehead atoms. The molecule has 2 aromatic rings. The molecule has 5 heteroatoms. The lowest BCUT2D eigenvalue weighted by Crippen LogP contribution is -2.27. The average molecular weight is 286 g/mol.